The Morgan fingerprint density at radius 3 is 1.58 bits per heavy atom. The van der Waals surface area contributed by atoms with Crippen LogP contribution >= 0.6 is 57.5 Å². The molecule has 12 rings (SSSR count). The molecule has 8 aromatic rings. The summed E-state index contributed by atoms with van der Waals surface area (Å²) in [7, 11) is 0. The van der Waals surface area contributed by atoms with E-state index >= 15 is 0 Å². The van der Waals surface area contributed by atoms with Crippen LogP contribution in [0.15, 0.2) is 133 Å². The van der Waals surface area contributed by atoms with E-state index in [1.54, 1.807) is 102 Å². The van der Waals surface area contributed by atoms with E-state index in [2.05, 4.69) is 25.3 Å². The van der Waals surface area contributed by atoms with Crippen molar-refractivity contribution in [1.82, 2.24) is 19.9 Å². The van der Waals surface area contributed by atoms with Gasteiger partial charge in [-0.2, -0.15) is 0 Å². The van der Waals surface area contributed by atoms with Crippen LogP contribution in [-0.4, -0.2) is 107 Å². The molecule has 4 aromatic heterocycles. The molecular formula is C50H41Cl3N6O10S2. The van der Waals surface area contributed by atoms with Crippen molar-refractivity contribution in [3.05, 3.63) is 159 Å². The molecule has 4 aliphatic heterocycles. The highest BCUT2D eigenvalue weighted by molar-refractivity contribution is 7.18. The normalized spacial score (nSPS) is 22.9. The predicted octanol–water partition coefficient (Wildman–Crippen LogP) is 9.90. The number of nitrogens with one attached hydrogen (secondary N) is 1. The molecule has 0 saturated carbocycles. The second-order valence-corrected chi connectivity index (χ2v) is 19.2. The van der Waals surface area contributed by atoms with Crippen LogP contribution in [-0.2, 0) is 28.4 Å². The lowest BCUT2D eigenvalue weighted by atomic mass is 10.1. The first kappa shape index (κ1) is 48.4. The number of fused-ring (bicyclic) bond motifs is 4. The maximum Gasteiger partial charge on any atom is 0.338 e. The van der Waals surface area contributed by atoms with Crippen molar-refractivity contribution in [2.75, 3.05) is 37.5 Å². The summed E-state index contributed by atoms with van der Waals surface area (Å²) in [5.41, 5.74) is 9.83. The van der Waals surface area contributed by atoms with E-state index in [1.165, 1.54) is 12.7 Å². The van der Waals surface area contributed by atoms with Gasteiger partial charge in [0, 0.05) is 11.4 Å². The van der Waals surface area contributed by atoms with Crippen LogP contribution in [0, 0.1) is 0 Å². The van der Waals surface area contributed by atoms with Crippen molar-refractivity contribution in [1.29, 1.82) is 0 Å². The average molecular weight is 1060 g/mol. The second kappa shape index (κ2) is 22.1. The summed E-state index contributed by atoms with van der Waals surface area (Å²) in [5, 5.41) is 8.63. The number of anilines is 3. The van der Waals surface area contributed by atoms with Gasteiger partial charge in [-0.05, 0) is 83.6 Å². The van der Waals surface area contributed by atoms with Crippen LogP contribution in [0.1, 0.15) is 20.7 Å². The Morgan fingerprint density at radius 1 is 0.563 bits per heavy atom. The Balaban J connectivity index is 0.000000141. The van der Waals surface area contributed by atoms with Gasteiger partial charge in [0.1, 0.15) is 53.7 Å². The number of carbonyl (C=O) groups is 2. The molecule has 0 spiro atoms. The number of ether oxygens (including phenoxy) is 8. The summed E-state index contributed by atoms with van der Waals surface area (Å²) < 4.78 is 48.6. The fourth-order valence-electron chi connectivity index (χ4n) is 8.21. The summed E-state index contributed by atoms with van der Waals surface area (Å²) in [6.45, 7) is 1.15. The maximum atomic E-state index is 12.4. The minimum Gasteiger partial charge on any atom is -0.484 e. The fourth-order valence-corrected chi connectivity index (χ4v) is 10.5. The minimum atomic E-state index is -0.495. The number of thiophene rings is 2. The van der Waals surface area contributed by atoms with Gasteiger partial charge in [-0.15, -0.1) is 22.7 Å². The Morgan fingerprint density at radius 2 is 1.04 bits per heavy atom. The Bertz CT molecular complexity index is 3140. The van der Waals surface area contributed by atoms with Crippen LogP contribution in [0.3, 0.4) is 0 Å². The molecule has 0 bridgehead atoms. The molecule has 0 unspecified atom stereocenters. The first-order chi connectivity index (χ1) is 34.6. The molecule has 8 atom stereocenters. The van der Waals surface area contributed by atoms with Crippen LogP contribution in [0.5, 0.6) is 11.5 Å². The van der Waals surface area contributed by atoms with Gasteiger partial charge in [-0.3, -0.25) is 0 Å². The van der Waals surface area contributed by atoms with Gasteiger partial charge in [0.15, 0.2) is 30.2 Å². The van der Waals surface area contributed by atoms with E-state index in [0.717, 1.165) is 31.9 Å². The molecule has 16 nitrogen and oxygen atoms in total. The summed E-state index contributed by atoms with van der Waals surface area (Å²) in [6.07, 6.45) is -0.100. The molecule has 71 heavy (non-hydrogen) atoms. The Kier molecular flexibility index (Phi) is 15.1. The largest absolute Gasteiger partial charge is 0.484 e. The number of hydrogen-bond acceptors (Lipinski definition) is 18. The minimum absolute atomic E-state index is 0.250. The van der Waals surface area contributed by atoms with Crippen molar-refractivity contribution in [2.45, 2.75) is 48.8 Å². The quantitative estimate of drug-likeness (QED) is 0.0745. The number of aromatic nitrogens is 4. The first-order valence-electron chi connectivity index (χ1n) is 22.1. The van der Waals surface area contributed by atoms with Gasteiger partial charge < -0.3 is 48.9 Å². The Hall–Kier alpha value is -6.19. The zero-order valence-electron chi connectivity index (χ0n) is 37.0. The predicted molar refractivity (Wildman–Crippen MR) is 270 cm³/mol. The molecule has 0 radical (unpaired) electrons. The van der Waals surface area contributed by atoms with Crippen LogP contribution in [0.2, 0.25) is 15.2 Å². The molecule has 4 fully saturated rings. The van der Waals surface area contributed by atoms with Gasteiger partial charge >= 0.3 is 11.9 Å². The number of nitrogen functional groups attached to an aromatic ring is 1. The number of benzene rings is 4. The van der Waals surface area contributed by atoms with Crippen molar-refractivity contribution >= 4 is 107 Å². The van der Waals surface area contributed by atoms with Crippen molar-refractivity contribution in [3.8, 4) is 11.5 Å². The van der Waals surface area contributed by atoms with Crippen LogP contribution in [0.25, 0.3) is 20.4 Å². The molecule has 0 amide bonds. The highest BCUT2D eigenvalue weighted by Gasteiger charge is 2.52. The molecule has 8 heterocycles. The number of nitrogens with zero attached hydrogens (tertiary/aromatic N) is 4. The third kappa shape index (κ3) is 11.2. The smallest absolute Gasteiger partial charge is 0.338 e. The number of esters is 2. The standard InChI is InChI=1S/C25H20ClN3O5S.C19H18ClNO5.C6H3ClN2S/c26-16-10-15(29-24-23-17(8-9-35-23)27-13-28-24)6-7-18(16)33-19-11-31-22-20(12-32-21(19)22)34-25(30)14-4-2-1-3-5-14;20-13-8-12(21)6-7-14(13)25-15-9-23-18-16(10-24-17(15)18)26-19(22)11-4-2-1-3-5-11;7-6-5-4(1-2-10-5)8-3-9-6/h1-10,13,19-22H,11-12H2,(H,27,28,29);1-8,15-18H,9-10,21H2;1-3H/t19-,20-,21+,22+;15-,16-,17+,18+;/m00./s1. The van der Waals surface area contributed by atoms with Crippen LogP contribution < -0.4 is 20.5 Å². The Labute approximate surface area is 428 Å². The van der Waals surface area contributed by atoms with Crippen molar-refractivity contribution in [3.63, 3.8) is 0 Å². The lowest BCUT2D eigenvalue weighted by Crippen LogP contribution is -2.36. The monoisotopic (exact) mass is 1050 g/mol. The average Bonchev–Trinajstić information content (AvgIpc) is 4.26. The SMILES string of the molecule is Clc1ncnc2ccsc12.Nc1ccc(O[C@H]2CO[C@H]3[C@@H]2OC[C@@H]3OC(=O)c2ccccc2)c(Cl)c1.O=C(O[C@H]1CO[C@H]2[C@@H]1OC[C@@H]2Oc1ccc(Nc2ncnc3ccsc23)cc1Cl)c1ccccc1. The molecule has 4 aliphatic rings. The fraction of sp³-hybridized carbons (Fsp3) is 0.240. The van der Waals surface area contributed by atoms with Crippen molar-refractivity contribution < 1.29 is 47.5 Å². The highest BCUT2D eigenvalue weighted by atomic mass is 35.5. The first-order valence-corrected chi connectivity index (χ1v) is 25.0. The molecule has 4 saturated heterocycles. The number of rotatable bonds is 10. The van der Waals surface area contributed by atoms with Gasteiger partial charge in [-0.1, -0.05) is 71.2 Å². The number of halogens is 3. The molecule has 21 heteroatoms. The lowest BCUT2D eigenvalue weighted by molar-refractivity contribution is -0.0193. The van der Waals surface area contributed by atoms with E-state index in [4.69, 9.17) is 78.4 Å². The van der Waals surface area contributed by atoms with Gasteiger partial charge in [0.2, 0.25) is 0 Å². The lowest BCUT2D eigenvalue weighted by Gasteiger charge is -2.19. The van der Waals surface area contributed by atoms with E-state index in [0.29, 0.717) is 56.7 Å². The van der Waals surface area contributed by atoms with E-state index < -0.39 is 30.3 Å². The second-order valence-electron chi connectivity index (χ2n) is 16.2. The van der Waals surface area contributed by atoms with Gasteiger partial charge in [0.05, 0.1) is 68.0 Å². The maximum absolute atomic E-state index is 12.4. The molecule has 364 valence electrons. The highest BCUT2D eigenvalue weighted by Crippen LogP contribution is 2.38. The topological polar surface area (TPSA) is 198 Å². The zero-order chi connectivity index (χ0) is 48.8. The number of carbonyl (C=O) groups excluding carboxylic acids is 2. The third-order valence-electron chi connectivity index (χ3n) is 11.6. The summed E-state index contributed by atoms with van der Waals surface area (Å²) in [4.78, 5) is 41.1. The number of hydrogen-bond donors (Lipinski definition) is 2. The zero-order valence-corrected chi connectivity index (χ0v) is 40.9. The van der Waals surface area contributed by atoms with Crippen LogP contribution in [0.4, 0.5) is 17.2 Å². The van der Waals surface area contributed by atoms with E-state index in [-0.39, 0.29) is 43.7 Å². The third-order valence-corrected chi connectivity index (χ3v) is 14.4. The van der Waals surface area contributed by atoms with Gasteiger partial charge in [-0.25, -0.2) is 29.5 Å². The summed E-state index contributed by atoms with van der Waals surface area (Å²) in [5.74, 6) is 0.960. The molecule has 0 aliphatic carbocycles. The van der Waals surface area contributed by atoms with E-state index in [9.17, 15) is 9.59 Å². The molecule has 4 aromatic carbocycles. The molecular weight excluding hydrogens is 1020 g/mol. The summed E-state index contributed by atoms with van der Waals surface area (Å²) in [6, 6.07) is 32.1. The number of nitrogens with two attached hydrogens (primary N) is 1. The van der Waals surface area contributed by atoms with Crippen molar-refractivity contribution in [2.24, 2.45) is 0 Å². The van der Waals surface area contributed by atoms with E-state index in [1.807, 2.05) is 41.1 Å². The summed E-state index contributed by atoms with van der Waals surface area (Å²) >= 11 is 21.6. The molecule has 3 N–H and O–H groups in total. The van der Waals surface area contributed by atoms with Gasteiger partial charge in [0.25, 0.3) is 0 Å².